The molecule has 1 N–H and O–H groups in total. The fourth-order valence-corrected chi connectivity index (χ4v) is 5.89. The van der Waals surface area contributed by atoms with E-state index in [1.54, 1.807) is 18.2 Å². The van der Waals surface area contributed by atoms with Crippen LogP contribution in [0.3, 0.4) is 0 Å². The molecular formula is C26H28N4O7. The topological polar surface area (TPSA) is 131 Å². The maximum atomic E-state index is 14.1. The molecule has 2 aromatic rings. The fourth-order valence-electron chi connectivity index (χ4n) is 5.89. The quantitative estimate of drug-likeness (QED) is 0.358. The van der Waals surface area contributed by atoms with Crippen molar-refractivity contribution in [3.8, 4) is 11.5 Å². The lowest BCUT2D eigenvalue weighted by Gasteiger charge is -2.53. The van der Waals surface area contributed by atoms with E-state index in [-0.39, 0.29) is 18.7 Å². The Kier molecular flexibility index (Phi) is 6.22. The zero-order chi connectivity index (χ0) is 26.3. The molecule has 2 atom stereocenters. The number of nitrogens with one attached hydrogen (secondary N) is 1. The van der Waals surface area contributed by atoms with Crippen LogP contribution in [-0.4, -0.2) is 61.0 Å². The van der Waals surface area contributed by atoms with Gasteiger partial charge in [0.2, 0.25) is 11.8 Å². The Morgan fingerprint density at radius 2 is 1.86 bits per heavy atom. The monoisotopic (exact) mass is 508 g/mol. The van der Waals surface area contributed by atoms with Gasteiger partial charge in [0.25, 0.3) is 5.69 Å². The highest BCUT2D eigenvalue weighted by Crippen LogP contribution is 2.48. The van der Waals surface area contributed by atoms with E-state index in [4.69, 9.17) is 9.47 Å². The minimum atomic E-state index is -1.55. The molecule has 3 heterocycles. The van der Waals surface area contributed by atoms with Gasteiger partial charge in [0, 0.05) is 37.3 Å². The number of hydrogen-bond acceptors (Lipinski definition) is 8. The third-order valence-electron chi connectivity index (χ3n) is 7.69. The Bertz CT molecular complexity index is 1300. The number of urea groups is 1. The number of nitrogens with zero attached hydrogens (tertiary/aromatic N) is 3. The summed E-state index contributed by atoms with van der Waals surface area (Å²) >= 11 is 0. The summed E-state index contributed by atoms with van der Waals surface area (Å²) in [7, 11) is 3.07. The van der Waals surface area contributed by atoms with Gasteiger partial charge in [-0.2, -0.15) is 0 Å². The third kappa shape index (κ3) is 3.94. The predicted octanol–water partition coefficient (Wildman–Crippen LogP) is 2.83. The number of fused-ring (bicyclic) bond motifs is 4. The van der Waals surface area contributed by atoms with Crippen molar-refractivity contribution in [2.45, 2.75) is 38.1 Å². The van der Waals surface area contributed by atoms with Crippen molar-refractivity contribution in [3.63, 3.8) is 0 Å². The van der Waals surface area contributed by atoms with E-state index >= 15 is 0 Å². The standard InChI is InChI=1S/C26H28N4O7/c1-36-20-9-6-16(13-21(20)37-2)10-12-29-24(32)26(23(31)27-25(29)33)15-17-14-18(30(34)35)7-8-19(17)28-11-4-3-5-22(26)28/h6-9,13-14,22H,3-5,10-12,15H2,1-2H3,(H,27,31,33). The number of imide groups is 2. The number of anilines is 1. The Balaban J connectivity index is 1.49. The van der Waals surface area contributed by atoms with Gasteiger partial charge in [-0.05, 0) is 55.0 Å². The van der Waals surface area contributed by atoms with Crippen molar-refractivity contribution in [2.75, 3.05) is 32.2 Å². The Morgan fingerprint density at radius 3 is 2.59 bits per heavy atom. The summed E-state index contributed by atoms with van der Waals surface area (Å²) < 4.78 is 10.6. The first-order valence-corrected chi connectivity index (χ1v) is 12.2. The normalized spacial score (nSPS) is 22.9. The number of piperidine rings is 1. The lowest BCUT2D eigenvalue weighted by molar-refractivity contribution is -0.384. The van der Waals surface area contributed by atoms with Gasteiger partial charge >= 0.3 is 6.03 Å². The van der Waals surface area contributed by atoms with Crippen molar-refractivity contribution in [3.05, 3.63) is 57.6 Å². The molecule has 1 spiro atoms. The summed E-state index contributed by atoms with van der Waals surface area (Å²) in [6.45, 7) is 0.682. The molecule has 2 fully saturated rings. The number of carbonyl (C=O) groups is 3. The molecule has 0 bridgehead atoms. The van der Waals surface area contributed by atoms with E-state index < -0.39 is 34.2 Å². The first-order chi connectivity index (χ1) is 17.8. The van der Waals surface area contributed by atoms with Crippen LogP contribution >= 0.6 is 0 Å². The zero-order valence-corrected chi connectivity index (χ0v) is 20.7. The number of amides is 4. The van der Waals surface area contributed by atoms with Crippen LogP contribution in [0, 0.1) is 15.5 Å². The molecule has 3 aliphatic rings. The highest BCUT2D eigenvalue weighted by Gasteiger charge is 2.62. The summed E-state index contributed by atoms with van der Waals surface area (Å²) in [6, 6.07) is 8.74. The molecule has 2 aromatic carbocycles. The zero-order valence-electron chi connectivity index (χ0n) is 20.7. The minimum absolute atomic E-state index is 0.00398. The van der Waals surface area contributed by atoms with E-state index in [9.17, 15) is 24.5 Å². The second kappa shape index (κ2) is 9.38. The third-order valence-corrected chi connectivity index (χ3v) is 7.69. The summed E-state index contributed by atoms with van der Waals surface area (Å²) in [6.07, 6.45) is 2.66. The Labute approximate surface area is 213 Å². The number of benzene rings is 2. The average molecular weight is 509 g/mol. The maximum Gasteiger partial charge on any atom is 0.330 e. The van der Waals surface area contributed by atoms with Crippen molar-refractivity contribution in [2.24, 2.45) is 5.41 Å². The van der Waals surface area contributed by atoms with E-state index in [1.807, 2.05) is 11.0 Å². The van der Waals surface area contributed by atoms with E-state index in [1.165, 1.54) is 26.4 Å². The molecule has 4 amide bonds. The highest BCUT2D eigenvalue weighted by atomic mass is 16.6. The molecule has 2 unspecified atom stereocenters. The van der Waals surface area contributed by atoms with Gasteiger partial charge in [0.15, 0.2) is 16.9 Å². The molecule has 0 aromatic heterocycles. The van der Waals surface area contributed by atoms with E-state index in [0.717, 1.165) is 29.0 Å². The lowest BCUT2D eigenvalue weighted by atomic mass is 9.66. The number of non-ortho nitro benzene ring substituents is 1. The van der Waals surface area contributed by atoms with Gasteiger partial charge in [0.05, 0.1) is 25.2 Å². The van der Waals surface area contributed by atoms with Crippen LogP contribution in [-0.2, 0) is 22.4 Å². The predicted molar refractivity (Wildman–Crippen MR) is 133 cm³/mol. The molecule has 0 radical (unpaired) electrons. The number of nitro groups is 1. The van der Waals surface area contributed by atoms with Crippen molar-refractivity contribution in [1.82, 2.24) is 10.2 Å². The van der Waals surface area contributed by atoms with Crippen LogP contribution in [0.2, 0.25) is 0 Å². The summed E-state index contributed by atoms with van der Waals surface area (Å²) in [5.74, 6) is -0.103. The maximum absolute atomic E-state index is 14.1. The summed E-state index contributed by atoms with van der Waals surface area (Å²) in [5, 5.41) is 13.9. The molecule has 3 aliphatic heterocycles. The minimum Gasteiger partial charge on any atom is -0.493 e. The van der Waals surface area contributed by atoms with E-state index in [2.05, 4.69) is 5.32 Å². The van der Waals surface area contributed by atoms with Crippen LogP contribution < -0.4 is 19.7 Å². The van der Waals surface area contributed by atoms with Crippen LogP contribution in [0.1, 0.15) is 30.4 Å². The van der Waals surface area contributed by atoms with Gasteiger partial charge in [0.1, 0.15) is 0 Å². The first kappa shape index (κ1) is 24.5. The van der Waals surface area contributed by atoms with Crippen molar-refractivity contribution >= 4 is 29.2 Å². The highest BCUT2D eigenvalue weighted by molar-refractivity contribution is 6.20. The van der Waals surface area contributed by atoms with Gasteiger partial charge in [-0.3, -0.25) is 29.9 Å². The molecule has 0 saturated carbocycles. The van der Waals surface area contributed by atoms with Gasteiger partial charge < -0.3 is 14.4 Å². The molecule has 11 heteroatoms. The Hall–Kier alpha value is -4.15. The number of nitro benzene ring substituents is 1. The average Bonchev–Trinajstić information content (AvgIpc) is 2.91. The summed E-state index contributed by atoms with van der Waals surface area (Å²) in [4.78, 5) is 54.5. The fraction of sp³-hybridized carbons (Fsp3) is 0.423. The van der Waals surface area contributed by atoms with Gasteiger partial charge in [-0.1, -0.05) is 6.07 Å². The number of hydrogen-bond donors (Lipinski definition) is 1. The van der Waals surface area contributed by atoms with E-state index in [0.29, 0.717) is 36.4 Å². The van der Waals surface area contributed by atoms with Crippen LogP contribution in [0.15, 0.2) is 36.4 Å². The number of ether oxygens (including phenoxy) is 2. The van der Waals surface area contributed by atoms with Crippen LogP contribution in [0.25, 0.3) is 0 Å². The Morgan fingerprint density at radius 1 is 1.08 bits per heavy atom. The van der Waals surface area contributed by atoms with Crippen LogP contribution in [0.5, 0.6) is 11.5 Å². The summed E-state index contributed by atoms with van der Waals surface area (Å²) in [5.41, 5.74) is 0.539. The number of carbonyl (C=O) groups excluding carboxylic acids is 3. The molecule has 2 saturated heterocycles. The number of methoxy groups -OCH3 is 2. The second-order valence-corrected chi connectivity index (χ2v) is 9.58. The smallest absolute Gasteiger partial charge is 0.330 e. The number of rotatable bonds is 6. The molecule has 5 rings (SSSR count). The van der Waals surface area contributed by atoms with Crippen LogP contribution in [0.4, 0.5) is 16.2 Å². The number of barbiturate groups is 1. The largest absolute Gasteiger partial charge is 0.493 e. The lowest BCUT2D eigenvalue weighted by Crippen LogP contribution is -2.72. The molecular weight excluding hydrogens is 480 g/mol. The molecule has 37 heavy (non-hydrogen) atoms. The first-order valence-electron chi connectivity index (χ1n) is 12.2. The van der Waals surface area contributed by atoms with Gasteiger partial charge in [-0.25, -0.2) is 4.79 Å². The SMILES string of the molecule is COc1ccc(CCN2C(=O)NC(=O)C3(Cc4cc([N+](=O)[O-])ccc4N4CCCCC43)C2=O)cc1OC. The molecule has 194 valence electrons. The molecule has 0 aliphatic carbocycles. The van der Waals surface area contributed by atoms with Crippen molar-refractivity contribution < 1.29 is 28.8 Å². The van der Waals surface area contributed by atoms with Crippen molar-refractivity contribution in [1.29, 1.82) is 0 Å². The van der Waals surface area contributed by atoms with Gasteiger partial charge in [-0.15, -0.1) is 0 Å². The second-order valence-electron chi connectivity index (χ2n) is 9.58. The molecule has 11 nitrogen and oxygen atoms in total.